The predicted molar refractivity (Wildman–Crippen MR) is 75.3 cm³/mol. The van der Waals surface area contributed by atoms with E-state index in [0.29, 0.717) is 0 Å². The molecule has 1 N–H and O–H groups in total. The highest BCUT2D eigenvalue weighted by atomic mass is 79.9. The highest BCUT2D eigenvalue weighted by molar-refractivity contribution is 9.10. The molecule has 1 aromatic heterocycles. The standard InChI is InChI=1S/C13H14BrNS/c1-9-7-11(14)4-6-13(9)15-8-12-5-3-10(2)16-12/h3-7,15H,8H2,1-2H3. The van der Waals surface area contributed by atoms with E-state index in [9.17, 15) is 0 Å². The number of nitrogens with one attached hydrogen (secondary N) is 1. The highest BCUT2D eigenvalue weighted by Crippen LogP contribution is 2.22. The zero-order valence-corrected chi connectivity index (χ0v) is 11.8. The zero-order chi connectivity index (χ0) is 11.5. The van der Waals surface area contributed by atoms with Gasteiger partial charge in [0, 0.05) is 26.5 Å². The second-order valence-corrected chi connectivity index (χ2v) is 6.11. The molecule has 1 nitrogen and oxygen atoms in total. The second-order valence-electron chi connectivity index (χ2n) is 3.83. The van der Waals surface area contributed by atoms with Gasteiger partial charge in [0.1, 0.15) is 0 Å². The Balaban J connectivity index is 2.04. The van der Waals surface area contributed by atoms with Crippen molar-refractivity contribution in [2.24, 2.45) is 0 Å². The van der Waals surface area contributed by atoms with E-state index in [0.717, 1.165) is 11.0 Å². The summed E-state index contributed by atoms with van der Waals surface area (Å²) in [5, 5.41) is 3.46. The number of hydrogen-bond acceptors (Lipinski definition) is 2. The summed E-state index contributed by atoms with van der Waals surface area (Å²) < 4.78 is 1.13. The van der Waals surface area contributed by atoms with Crippen LogP contribution in [0.5, 0.6) is 0 Å². The molecule has 16 heavy (non-hydrogen) atoms. The molecule has 0 saturated carbocycles. The average molecular weight is 296 g/mol. The predicted octanol–water partition coefficient (Wildman–Crippen LogP) is 4.74. The molecule has 0 aliphatic carbocycles. The Kier molecular flexibility index (Phi) is 3.66. The maximum absolute atomic E-state index is 3.47. The summed E-state index contributed by atoms with van der Waals surface area (Å²) in [4.78, 5) is 2.74. The van der Waals surface area contributed by atoms with Crippen molar-refractivity contribution in [1.82, 2.24) is 0 Å². The van der Waals surface area contributed by atoms with E-state index in [2.05, 4.69) is 65.4 Å². The Morgan fingerprint density at radius 1 is 1.19 bits per heavy atom. The molecule has 0 amide bonds. The van der Waals surface area contributed by atoms with Crippen LogP contribution in [0.4, 0.5) is 5.69 Å². The second kappa shape index (κ2) is 5.02. The molecule has 0 unspecified atom stereocenters. The minimum atomic E-state index is 0.904. The lowest BCUT2D eigenvalue weighted by molar-refractivity contribution is 1.18. The van der Waals surface area contributed by atoms with Gasteiger partial charge in [-0.15, -0.1) is 11.3 Å². The lowest BCUT2D eigenvalue weighted by Crippen LogP contribution is -1.98. The van der Waals surface area contributed by atoms with Crippen LogP contribution in [0.15, 0.2) is 34.8 Å². The Labute approximate surface area is 109 Å². The molecule has 2 rings (SSSR count). The minimum Gasteiger partial charge on any atom is -0.380 e. The van der Waals surface area contributed by atoms with Gasteiger partial charge in [-0.25, -0.2) is 0 Å². The van der Waals surface area contributed by atoms with Crippen molar-refractivity contribution in [3.63, 3.8) is 0 Å². The van der Waals surface area contributed by atoms with Crippen LogP contribution < -0.4 is 5.32 Å². The van der Waals surface area contributed by atoms with Crippen molar-refractivity contribution in [3.8, 4) is 0 Å². The fourth-order valence-corrected chi connectivity index (χ4v) is 2.89. The van der Waals surface area contributed by atoms with Crippen LogP contribution in [0, 0.1) is 13.8 Å². The first-order valence-electron chi connectivity index (χ1n) is 5.20. The molecule has 0 bridgehead atoms. The summed E-state index contributed by atoms with van der Waals surface area (Å²) in [7, 11) is 0. The number of hydrogen-bond donors (Lipinski definition) is 1. The number of aryl methyl sites for hydroxylation is 2. The lowest BCUT2D eigenvalue weighted by atomic mass is 10.2. The van der Waals surface area contributed by atoms with Gasteiger partial charge in [0.15, 0.2) is 0 Å². The third-order valence-electron chi connectivity index (χ3n) is 2.44. The van der Waals surface area contributed by atoms with Crippen molar-refractivity contribution in [3.05, 3.63) is 50.1 Å². The van der Waals surface area contributed by atoms with E-state index in [1.54, 1.807) is 0 Å². The highest BCUT2D eigenvalue weighted by Gasteiger charge is 2.00. The molecule has 0 spiro atoms. The number of benzene rings is 1. The first kappa shape index (κ1) is 11.7. The van der Waals surface area contributed by atoms with E-state index in [4.69, 9.17) is 0 Å². The normalized spacial score (nSPS) is 10.4. The van der Waals surface area contributed by atoms with Crippen molar-refractivity contribution >= 4 is 33.0 Å². The average Bonchev–Trinajstić information content (AvgIpc) is 2.63. The van der Waals surface area contributed by atoms with E-state index in [-0.39, 0.29) is 0 Å². The first-order chi connectivity index (χ1) is 7.65. The van der Waals surface area contributed by atoms with Crippen LogP contribution in [-0.2, 0) is 6.54 Å². The fourth-order valence-electron chi connectivity index (χ4n) is 1.59. The van der Waals surface area contributed by atoms with Crippen LogP contribution in [-0.4, -0.2) is 0 Å². The summed E-state index contributed by atoms with van der Waals surface area (Å²) in [6, 6.07) is 10.6. The molecular weight excluding hydrogens is 282 g/mol. The maximum atomic E-state index is 3.47. The van der Waals surface area contributed by atoms with Crippen LogP contribution in [0.25, 0.3) is 0 Å². The van der Waals surface area contributed by atoms with Crippen molar-refractivity contribution < 1.29 is 0 Å². The van der Waals surface area contributed by atoms with Crippen molar-refractivity contribution in [2.75, 3.05) is 5.32 Å². The van der Waals surface area contributed by atoms with Gasteiger partial charge in [-0.3, -0.25) is 0 Å². The quantitative estimate of drug-likeness (QED) is 0.862. The number of thiophene rings is 1. The molecule has 0 saturated heterocycles. The zero-order valence-electron chi connectivity index (χ0n) is 9.38. The van der Waals surface area contributed by atoms with Gasteiger partial charge in [0.2, 0.25) is 0 Å². The van der Waals surface area contributed by atoms with Crippen molar-refractivity contribution in [2.45, 2.75) is 20.4 Å². The van der Waals surface area contributed by atoms with Gasteiger partial charge in [-0.1, -0.05) is 15.9 Å². The Morgan fingerprint density at radius 2 is 2.00 bits per heavy atom. The van der Waals surface area contributed by atoms with Crippen LogP contribution >= 0.6 is 27.3 Å². The molecule has 0 aliphatic heterocycles. The topological polar surface area (TPSA) is 12.0 Å². The summed E-state index contributed by atoms with van der Waals surface area (Å²) in [5.41, 5.74) is 2.47. The minimum absolute atomic E-state index is 0.904. The van der Waals surface area contributed by atoms with Gasteiger partial charge in [-0.05, 0) is 49.7 Å². The largest absolute Gasteiger partial charge is 0.380 e. The molecular formula is C13H14BrNS. The summed E-state index contributed by atoms with van der Waals surface area (Å²) in [6.07, 6.45) is 0. The Bertz CT molecular complexity index is 490. The van der Waals surface area contributed by atoms with E-state index >= 15 is 0 Å². The Hall–Kier alpha value is -0.800. The monoisotopic (exact) mass is 295 g/mol. The molecule has 1 aromatic carbocycles. The van der Waals surface area contributed by atoms with E-state index in [1.807, 2.05) is 11.3 Å². The van der Waals surface area contributed by atoms with Gasteiger partial charge in [0.05, 0.1) is 0 Å². The first-order valence-corrected chi connectivity index (χ1v) is 6.81. The van der Waals surface area contributed by atoms with E-state index in [1.165, 1.54) is 21.0 Å². The summed E-state index contributed by atoms with van der Waals surface area (Å²) >= 11 is 5.31. The van der Waals surface area contributed by atoms with Gasteiger partial charge >= 0.3 is 0 Å². The SMILES string of the molecule is Cc1ccc(CNc2ccc(Br)cc2C)s1. The molecule has 1 heterocycles. The van der Waals surface area contributed by atoms with E-state index < -0.39 is 0 Å². The smallest absolute Gasteiger partial charge is 0.0494 e. The molecule has 3 heteroatoms. The molecule has 0 aliphatic rings. The number of halogens is 1. The molecule has 0 radical (unpaired) electrons. The Morgan fingerprint density at radius 3 is 2.62 bits per heavy atom. The van der Waals surface area contributed by atoms with Gasteiger partial charge in [0.25, 0.3) is 0 Å². The van der Waals surface area contributed by atoms with Crippen LogP contribution in [0.3, 0.4) is 0 Å². The van der Waals surface area contributed by atoms with Crippen LogP contribution in [0.2, 0.25) is 0 Å². The van der Waals surface area contributed by atoms with Crippen molar-refractivity contribution in [1.29, 1.82) is 0 Å². The van der Waals surface area contributed by atoms with Gasteiger partial charge in [-0.2, -0.15) is 0 Å². The summed E-state index contributed by atoms with van der Waals surface area (Å²) in [5.74, 6) is 0. The lowest BCUT2D eigenvalue weighted by Gasteiger charge is -2.08. The molecule has 84 valence electrons. The fraction of sp³-hybridized carbons (Fsp3) is 0.231. The molecule has 0 fully saturated rings. The number of anilines is 1. The maximum Gasteiger partial charge on any atom is 0.0494 e. The number of rotatable bonds is 3. The van der Waals surface area contributed by atoms with Crippen LogP contribution in [0.1, 0.15) is 15.3 Å². The summed E-state index contributed by atoms with van der Waals surface area (Å²) in [6.45, 7) is 5.16. The third kappa shape index (κ3) is 2.86. The third-order valence-corrected chi connectivity index (χ3v) is 3.93. The molecule has 0 atom stereocenters. The molecule has 2 aromatic rings. The van der Waals surface area contributed by atoms with Gasteiger partial charge < -0.3 is 5.32 Å².